The Morgan fingerprint density at radius 1 is 1.16 bits per heavy atom. The molecule has 2 aliphatic carbocycles. The molecule has 8 atom stereocenters. The van der Waals surface area contributed by atoms with E-state index in [0.717, 1.165) is 64.6 Å². The number of nitrogens with zero attached hydrogens (tertiary/aromatic N) is 1. The molecule has 2 saturated heterocycles. The van der Waals surface area contributed by atoms with Gasteiger partial charge in [0.25, 0.3) is 0 Å². The second-order valence-electron chi connectivity index (χ2n) is 10.5. The van der Waals surface area contributed by atoms with Gasteiger partial charge in [-0.25, -0.2) is 10.9 Å². The van der Waals surface area contributed by atoms with Crippen LogP contribution in [-0.4, -0.2) is 72.7 Å². The molecule has 1 amide bonds. The summed E-state index contributed by atoms with van der Waals surface area (Å²) < 4.78 is 6.22. The van der Waals surface area contributed by atoms with E-state index in [4.69, 9.17) is 4.74 Å². The van der Waals surface area contributed by atoms with Gasteiger partial charge in [-0.1, -0.05) is 19.8 Å². The van der Waals surface area contributed by atoms with Crippen molar-refractivity contribution in [2.24, 2.45) is 11.8 Å². The Kier molecular flexibility index (Phi) is 8.22. The quantitative estimate of drug-likeness (QED) is 0.406. The smallest absolute Gasteiger partial charge is 0.237 e. The lowest BCUT2D eigenvalue weighted by Gasteiger charge is -2.36. The molecule has 0 radical (unpaired) electrons. The van der Waals surface area contributed by atoms with Gasteiger partial charge in [0.2, 0.25) is 5.91 Å². The molecule has 0 aromatic rings. The number of piperidine rings is 1. The number of ether oxygens (including phenoxy) is 1. The number of carbonyl (C=O) groups excluding carboxylic acids is 1. The van der Waals surface area contributed by atoms with Crippen LogP contribution in [-0.2, 0) is 9.53 Å². The lowest BCUT2D eigenvalue weighted by molar-refractivity contribution is -0.127. The van der Waals surface area contributed by atoms with Crippen LogP contribution in [0.5, 0.6) is 0 Å². The molecule has 0 aromatic heterocycles. The van der Waals surface area contributed by atoms with Crippen molar-refractivity contribution in [3.05, 3.63) is 0 Å². The van der Waals surface area contributed by atoms with Gasteiger partial charge in [-0.2, -0.15) is 0 Å². The molecule has 8 heteroatoms. The Morgan fingerprint density at radius 2 is 2.00 bits per heavy atom. The minimum atomic E-state index is -0.214. The highest BCUT2D eigenvalue weighted by Crippen LogP contribution is 2.33. The van der Waals surface area contributed by atoms with Gasteiger partial charge in [0.05, 0.1) is 37.2 Å². The predicted octanol–water partition coefficient (Wildman–Crippen LogP) is 1.06. The molecule has 2 aliphatic heterocycles. The number of aliphatic hydroxyl groups is 1. The summed E-state index contributed by atoms with van der Waals surface area (Å²) >= 11 is 0. The zero-order chi connectivity index (χ0) is 21.8. The van der Waals surface area contributed by atoms with E-state index in [2.05, 4.69) is 40.4 Å². The molecule has 0 spiro atoms. The van der Waals surface area contributed by atoms with Crippen molar-refractivity contribution in [2.75, 3.05) is 20.3 Å². The average molecular weight is 438 g/mol. The molecule has 8 nitrogen and oxygen atoms in total. The highest BCUT2D eigenvalue weighted by Gasteiger charge is 2.34. The zero-order valence-electron chi connectivity index (χ0n) is 19.3. The first-order chi connectivity index (χ1) is 15.0. The molecule has 5 N–H and O–H groups in total. The topological polar surface area (TPSA) is 97.9 Å². The number of hydrogen-bond donors (Lipinski definition) is 5. The van der Waals surface area contributed by atoms with Crippen LogP contribution in [0, 0.1) is 11.8 Å². The summed E-state index contributed by atoms with van der Waals surface area (Å²) in [6.45, 7) is 4.08. The van der Waals surface area contributed by atoms with Gasteiger partial charge in [0.15, 0.2) is 0 Å². The maximum atomic E-state index is 13.0. The lowest BCUT2D eigenvalue weighted by atomic mass is 9.77. The molecular formula is C23H43N5O3. The molecule has 2 heterocycles. The molecule has 178 valence electrons. The molecule has 2 saturated carbocycles. The van der Waals surface area contributed by atoms with Gasteiger partial charge in [-0.3, -0.25) is 9.69 Å². The first kappa shape index (κ1) is 23.4. The first-order valence-corrected chi connectivity index (χ1v) is 12.5. The van der Waals surface area contributed by atoms with Gasteiger partial charge in [-0.15, -0.1) is 0 Å². The van der Waals surface area contributed by atoms with Gasteiger partial charge in [0, 0.05) is 6.04 Å². The second-order valence-corrected chi connectivity index (χ2v) is 10.5. The van der Waals surface area contributed by atoms with Crippen LogP contribution >= 0.6 is 0 Å². The standard InChI is InChI=1S/C23H43N5O3/c1-15(10-22-27-25-14-28(22)2)16-4-3-5-17(11-16)26-23(30)21-13-20(8-9-24-21)31-19-7-6-18(29)12-19/h15-22,24-25,27,29H,3-14H2,1-2H3,(H,26,30)/t15-,16?,17?,18-,19-,20?,21?,22?/m1/s1. The number of amides is 1. The number of nitrogens with one attached hydrogen (secondary N) is 4. The second kappa shape index (κ2) is 10.9. The first-order valence-electron chi connectivity index (χ1n) is 12.5. The van der Waals surface area contributed by atoms with Crippen LogP contribution in [0.1, 0.15) is 71.1 Å². The molecule has 31 heavy (non-hydrogen) atoms. The zero-order valence-corrected chi connectivity index (χ0v) is 19.3. The average Bonchev–Trinajstić information content (AvgIpc) is 3.36. The van der Waals surface area contributed by atoms with Crippen molar-refractivity contribution < 1.29 is 14.6 Å². The lowest BCUT2D eigenvalue weighted by Crippen LogP contribution is -2.53. The van der Waals surface area contributed by atoms with Crippen molar-refractivity contribution in [2.45, 2.75) is 108 Å². The minimum absolute atomic E-state index is 0.121. The fourth-order valence-electron chi connectivity index (χ4n) is 5.99. The predicted molar refractivity (Wildman–Crippen MR) is 120 cm³/mol. The van der Waals surface area contributed by atoms with E-state index in [9.17, 15) is 9.90 Å². The van der Waals surface area contributed by atoms with Crippen molar-refractivity contribution in [3.8, 4) is 0 Å². The Balaban J connectivity index is 1.22. The van der Waals surface area contributed by atoms with Crippen LogP contribution in [0.2, 0.25) is 0 Å². The number of carbonyl (C=O) groups is 1. The third-order valence-corrected chi connectivity index (χ3v) is 8.00. The molecule has 0 bridgehead atoms. The van der Waals surface area contributed by atoms with E-state index in [-0.39, 0.29) is 36.3 Å². The highest BCUT2D eigenvalue weighted by atomic mass is 16.5. The molecule has 0 aromatic carbocycles. The van der Waals surface area contributed by atoms with Gasteiger partial charge in [0.1, 0.15) is 0 Å². The third kappa shape index (κ3) is 6.39. The summed E-state index contributed by atoms with van der Waals surface area (Å²) in [4.78, 5) is 15.3. The van der Waals surface area contributed by atoms with Crippen LogP contribution in [0.4, 0.5) is 0 Å². The Hall–Kier alpha value is -0.770. The molecule has 4 rings (SSSR count). The van der Waals surface area contributed by atoms with Crippen molar-refractivity contribution in [3.63, 3.8) is 0 Å². The Labute approximate surface area is 187 Å². The van der Waals surface area contributed by atoms with Gasteiger partial charge in [-0.05, 0) is 76.8 Å². The van der Waals surface area contributed by atoms with Crippen LogP contribution in [0.25, 0.3) is 0 Å². The van der Waals surface area contributed by atoms with Crippen molar-refractivity contribution in [1.29, 1.82) is 0 Å². The van der Waals surface area contributed by atoms with E-state index in [1.165, 1.54) is 12.8 Å². The summed E-state index contributed by atoms with van der Waals surface area (Å²) in [5.41, 5.74) is 6.59. The third-order valence-electron chi connectivity index (χ3n) is 8.00. The normalized spacial score (nSPS) is 40.7. The molecule has 4 aliphatic rings. The van der Waals surface area contributed by atoms with Crippen LogP contribution in [0.3, 0.4) is 0 Å². The molecule has 5 unspecified atom stereocenters. The number of hydrazine groups is 1. The summed E-state index contributed by atoms with van der Waals surface area (Å²) in [6, 6.07) is 0.124. The minimum Gasteiger partial charge on any atom is -0.393 e. The number of rotatable bonds is 7. The summed E-state index contributed by atoms with van der Waals surface area (Å²) in [5.74, 6) is 1.44. The summed E-state index contributed by atoms with van der Waals surface area (Å²) in [7, 11) is 2.15. The summed E-state index contributed by atoms with van der Waals surface area (Å²) in [5, 5.41) is 16.5. The fourth-order valence-corrected chi connectivity index (χ4v) is 5.99. The van der Waals surface area contributed by atoms with E-state index in [0.29, 0.717) is 18.0 Å². The van der Waals surface area contributed by atoms with Crippen molar-refractivity contribution in [1.82, 2.24) is 26.4 Å². The van der Waals surface area contributed by atoms with E-state index in [1.807, 2.05) is 0 Å². The molecular weight excluding hydrogens is 394 g/mol. The van der Waals surface area contributed by atoms with Gasteiger partial charge < -0.3 is 20.5 Å². The monoisotopic (exact) mass is 437 g/mol. The van der Waals surface area contributed by atoms with E-state index in [1.54, 1.807) is 0 Å². The highest BCUT2D eigenvalue weighted by molar-refractivity contribution is 5.82. The number of aliphatic hydroxyl groups excluding tert-OH is 1. The van der Waals surface area contributed by atoms with Gasteiger partial charge >= 0.3 is 0 Å². The molecule has 4 fully saturated rings. The van der Waals surface area contributed by atoms with E-state index < -0.39 is 0 Å². The maximum absolute atomic E-state index is 13.0. The SMILES string of the molecule is C[C@H](CC1NNCN1C)C1CCCC(NC(=O)C2CC(O[C@@H]3CC[C@@H](O)C3)CCN2)C1. The van der Waals surface area contributed by atoms with Crippen LogP contribution in [0.15, 0.2) is 0 Å². The maximum Gasteiger partial charge on any atom is 0.237 e. The van der Waals surface area contributed by atoms with Crippen molar-refractivity contribution >= 4 is 5.91 Å². The fraction of sp³-hybridized carbons (Fsp3) is 0.957. The van der Waals surface area contributed by atoms with E-state index >= 15 is 0 Å². The summed E-state index contributed by atoms with van der Waals surface area (Å²) in [6.07, 6.45) is 10.4. The largest absolute Gasteiger partial charge is 0.393 e. The number of hydrogen-bond acceptors (Lipinski definition) is 7. The van der Waals surface area contributed by atoms with Crippen LogP contribution < -0.4 is 21.5 Å². The Morgan fingerprint density at radius 3 is 2.74 bits per heavy atom. The Bertz CT molecular complexity index is 594.